The number of benzene rings is 1. The molecule has 1 atom stereocenters. The topological polar surface area (TPSA) is 79.7 Å². The molecule has 130 valence electrons. The van der Waals surface area contributed by atoms with E-state index in [1.165, 1.54) is 11.9 Å². The van der Waals surface area contributed by atoms with Gasteiger partial charge in [-0.2, -0.15) is 5.10 Å². The van der Waals surface area contributed by atoms with Gasteiger partial charge >= 0.3 is 0 Å². The predicted octanol–water partition coefficient (Wildman–Crippen LogP) is 2.61. The van der Waals surface area contributed by atoms with Crippen molar-refractivity contribution in [3.8, 4) is 0 Å². The van der Waals surface area contributed by atoms with Crippen LogP contribution in [-0.2, 0) is 11.3 Å². The van der Waals surface area contributed by atoms with Crippen molar-refractivity contribution in [2.75, 3.05) is 6.54 Å². The smallest absolute Gasteiger partial charge is 0.223 e. The number of imidazole rings is 1. The molecule has 0 bridgehead atoms. The summed E-state index contributed by atoms with van der Waals surface area (Å²) in [6, 6.07) is 6.26. The Labute approximate surface area is 146 Å². The zero-order valence-corrected chi connectivity index (χ0v) is 14.4. The summed E-state index contributed by atoms with van der Waals surface area (Å²) in [5.41, 5.74) is 3.21. The van der Waals surface area contributed by atoms with Gasteiger partial charge in [-0.15, -0.1) is 0 Å². The fraction of sp³-hybridized carbons (Fsp3) is 0.444. The third kappa shape index (κ3) is 3.26. The molecule has 1 saturated heterocycles. The monoisotopic (exact) mass is 338 g/mol. The number of amides is 1. The number of fused-ring (bicyclic) bond motifs is 1. The molecule has 1 aliphatic heterocycles. The molecule has 0 aliphatic carbocycles. The second kappa shape index (κ2) is 6.66. The summed E-state index contributed by atoms with van der Waals surface area (Å²) in [5.74, 6) is 1.10. The number of H-pyrrole nitrogens is 1. The van der Waals surface area contributed by atoms with Crippen molar-refractivity contribution in [2.45, 2.75) is 45.2 Å². The Kier molecular flexibility index (Phi) is 4.21. The summed E-state index contributed by atoms with van der Waals surface area (Å²) in [5, 5.41) is 4.07. The molecule has 0 radical (unpaired) electrons. The lowest BCUT2D eigenvalue weighted by Crippen LogP contribution is -2.31. The Morgan fingerprint density at radius 1 is 1.40 bits per heavy atom. The van der Waals surface area contributed by atoms with E-state index in [1.54, 1.807) is 11.0 Å². The van der Waals surface area contributed by atoms with Crippen molar-refractivity contribution >= 4 is 16.9 Å². The van der Waals surface area contributed by atoms with E-state index in [-0.39, 0.29) is 11.9 Å². The van der Waals surface area contributed by atoms with E-state index in [0.29, 0.717) is 13.0 Å². The Hall–Kier alpha value is -2.70. The first-order chi connectivity index (χ1) is 12.2. The molecule has 1 N–H and O–H groups in total. The standard InChI is InChI=1S/C18H22N6O/c1-13-6-7-14-15(10-13)22-18(21-14)16-4-2-9-24(16)17(25)5-3-8-23-12-19-11-20-23/h6-7,10-12,16H,2-5,8-9H2,1H3,(H,21,22)/t16-/m1/s1. The molecule has 3 aromatic rings. The second-order valence-electron chi connectivity index (χ2n) is 6.65. The lowest BCUT2D eigenvalue weighted by Gasteiger charge is -2.23. The number of aromatic nitrogens is 5. The number of carbonyl (C=O) groups excluding carboxylic acids is 1. The van der Waals surface area contributed by atoms with Crippen LogP contribution in [-0.4, -0.2) is 42.1 Å². The maximum Gasteiger partial charge on any atom is 0.223 e. The van der Waals surface area contributed by atoms with E-state index in [9.17, 15) is 4.79 Å². The normalized spacial score (nSPS) is 17.5. The molecule has 25 heavy (non-hydrogen) atoms. The van der Waals surface area contributed by atoms with Crippen LogP contribution in [0.5, 0.6) is 0 Å². The summed E-state index contributed by atoms with van der Waals surface area (Å²) < 4.78 is 1.76. The fourth-order valence-corrected chi connectivity index (χ4v) is 3.53. The van der Waals surface area contributed by atoms with Gasteiger partial charge in [0.15, 0.2) is 0 Å². The molecule has 0 unspecified atom stereocenters. The molecule has 1 aliphatic rings. The van der Waals surface area contributed by atoms with Gasteiger partial charge in [-0.3, -0.25) is 9.48 Å². The third-order valence-corrected chi connectivity index (χ3v) is 4.79. The first-order valence-electron chi connectivity index (χ1n) is 8.79. The van der Waals surface area contributed by atoms with Gasteiger partial charge in [0.2, 0.25) is 5.91 Å². The van der Waals surface area contributed by atoms with Gasteiger partial charge in [-0.25, -0.2) is 9.97 Å². The maximum atomic E-state index is 12.7. The third-order valence-electron chi connectivity index (χ3n) is 4.79. The maximum absolute atomic E-state index is 12.7. The van der Waals surface area contributed by atoms with Crippen LogP contribution in [0.2, 0.25) is 0 Å². The van der Waals surface area contributed by atoms with Crippen LogP contribution in [0, 0.1) is 6.92 Å². The number of hydrogen-bond donors (Lipinski definition) is 1. The Balaban J connectivity index is 1.44. The number of aryl methyl sites for hydroxylation is 2. The van der Waals surface area contributed by atoms with Crippen molar-refractivity contribution in [1.82, 2.24) is 29.6 Å². The van der Waals surface area contributed by atoms with Gasteiger partial charge in [0.1, 0.15) is 18.5 Å². The lowest BCUT2D eigenvalue weighted by atomic mass is 10.2. The van der Waals surface area contributed by atoms with E-state index in [4.69, 9.17) is 4.98 Å². The Morgan fingerprint density at radius 3 is 3.16 bits per heavy atom. The first kappa shape index (κ1) is 15.8. The van der Waals surface area contributed by atoms with Gasteiger partial charge in [0, 0.05) is 19.5 Å². The van der Waals surface area contributed by atoms with Gasteiger partial charge in [-0.1, -0.05) is 6.07 Å². The lowest BCUT2D eigenvalue weighted by molar-refractivity contribution is -0.132. The van der Waals surface area contributed by atoms with Crippen molar-refractivity contribution < 1.29 is 4.79 Å². The van der Waals surface area contributed by atoms with E-state index < -0.39 is 0 Å². The summed E-state index contributed by atoms with van der Waals surface area (Å²) in [6.07, 6.45) is 6.48. The highest BCUT2D eigenvalue weighted by Crippen LogP contribution is 2.32. The molecule has 0 saturated carbocycles. The molecule has 3 heterocycles. The molecule has 0 spiro atoms. The molecular weight excluding hydrogens is 316 g/mol. The average molecular weight is 338 g/mol. The second-order valence-corrected chi connectivity index (χ2v) is 6.65. The van der Waals surface area contributed by atoms with Crippen LogP contribution in [0.1, 0.15) is 43.1 Å². The van der Waals surface area contributed by atoms with Crippen LogP contribution in [0.3, 0.4) is 0 Å². The quantitative estimate of drug-likeness (QED) is 0.775. The van der Waals surface area contributed by atoms with E-state index in [1.807, 2.05) is 11.0 Å². The van der Waals surface area contributed by atoms with Gasteiger partial charge in [-0.05, 0) is 43.9 Å². The largest absolute Gasteiger partial charge is 0.340 e. The highest BCUT2D eigenvalue weighted by molar-refractivity contribution is 5.78. The number of nitrogens with one attached hydrogen (secondary N) is 1. The van der Waals surface area contributed by atoms with E-state index >= 15 is 0 Å². The van der Waals surface area contributed by atoms with Crippen LogP contribution in [0.15, 0.2) is 30.9 Å². The van der Waals surface area contributed by atoms with Crippen LogP contribution in [0.4, 0.5) is 0 Å². The van der Waals surface area contributed by atoms with Crippen LogP contribution < -0.4 is 0 Å². The molecular formula is C18H22N6O. The summed E-state index contributed by atoms with van der Waals surface area (Å²) in [4.78, 5) is 26.7. The Morgan fingerprint density at radius 2 is 2.32 bits per heavy atom. The predicted molar refractivity (Wildman–Crippen MR) is 93.8 cm³/mol. The fourth-order valence-electron chi connectivity index (χ4n) is 3.53. The number of aromatic amines is 1. The SMILES string of the molecule is Cc1ccc2nc([C@H]3CCCN3C(=O)CCCn3cncn3)[nH]c2c1. The first-order valence-corrected chi connectivity index (χ1v) is 8.79. The summed E-state index contributed by atoms with van der Waals surface area (Å²) in [7, 11) is 0. The number of hydrogen-bond acceptors (Lipinski definition) is 4. The van der Waals surface area contributed by atoms with Gasteiger partial charge in [0.25, 0.3) is 0 Å². The molecule has 2 aromatic heterocycles. The molecule has 7 nitrogen and oxygen atoms in total. The number of likely N-dealkylation sites (tertiary alicyclic amines) is 1. The molecule has 1 fully saturated rings. The number of nitrogens with zero attached hydrogens (tertiary/aromatic N) is 5. The number of carbonyl (C=O) groups is 1. The average Bonchev–Trinajstić information content (AvgIpc) is 3.33. The molecule has 7 heteroatoms. The minimum atomic E-state index is 0.0616. The van der Waals surface area contributed by atoms with Crippen LogP contribution >= 0.6 is 0 Å². The zero-order chi connectivity index (χ0) is 17.2. The number of rotatable bonds is 5. The van der Waals surface area contributed by atoms with Crippen LogP contribution in [0.25, 0.3) is 11.0 Å². The highest BCUT2D eigenvalue weighted by atomic mass is 16.2. The summed E-state index contributed by atoms with van der Waals surface area (Å²) >= 11 is 0. The minimum Gasteiger partial charge on any atom is -0.340 e. The van der Waals surface area contributed by atoms with Crippen molar-refractivity contribution in [3.05, 3.63) is 42.2 Å². The van der Waals surface area contributed by atoms with Gasteiger partial charge in [0.05, 0.1) is 17.1 Å². The zero-order valence-electron chi connectivity index (χ0n) is 14.4. The highest BCUT2D eigenvalue weighted by Gasteiger charge is 2.31. The molecule has 1 aromatic carbocycles. The minimum absolute atomic E-state index is 0.0616. The van der Waals surface area contributed by atoms with E-state index in [2.05, 4.69) is 34.1 Å². The van der Waals surface area contributed by atoms with Crippen molar-refractivity contribution in [1.29, 1.82) is 0 Å². The Bertz CT molecular complexity index is 869. The van der Waals surface area contributed by atoms with E-state index in [0.717, 1.165) is 42.7 Å². The molecule has 4 rings (SSSR count). The van der Waals surface area contributed by atoms with Crippen molar-refractivity contribution in [3.63, 3.8) is 0 Å². The summed E-state index contributed by atoms with van der Waals surface area (Å²) in [6.45, 7) is 3.59. The van der Waals surface area contributed by atoms with Crippen molar-refractivity contribution in [2.24, 2.45) is 0 Å². The molecule has 1 amide bonds. The van der Waals surface area contributed by atoms with Gasteiger partial charge < -0.3 is 9.88 Å².